The van der Waals surface area contributed by atoms with E-state index in [9.17, 15) is 9.59 Å². The van der Waals surface area contributed by atoms with Crippen molar-refractivity contribution in [2.24, 2.45) is 5.92 Å². The van der Waals surface area contributed by atoms with Gasteiger partial charge in [0.05, 0.1) is 0 Å². The van der Waals surface area contributed by atoms with Crippen LogP contribution in [0.1, 0.15) is 31.6 Å². The van der Waals surface area contributed by atoms with E-state index >= 15 is 0 Å². The summed E-state index contributed by atoms with van der Waals surface area (Å²) in [6, 6.07) is 4.30. The van der Waals surface area contributed by atoms with Crippen molar-refractivity contribution in [3.8, 4) is 0 Å². The van der Waals surface area contributed by atoms with E-state index in [-0.39, 0.29) is 23.8 Å². The van der Waals surface area contributed by atoms with Crippen molar-refractivity contribution in [1.82, 2.24) is 10.2 Å². The molecular formula is C15H22N2O2S. The molecule has 4 nitrogen and oxygen atoms in total. The summed E-state index contributed by atoms with van der Waals surface area (Å²) in [5, 5.41) is 4.98. The van der Waals surface area contributed by atoms with E-state index < -0.39 is 0 Å². The molecule has 1 fully saturated rings. The first-order valence-corrected chi connectivity index (χ1v) is 8.02. The zero-order valence-corrected chi connectivity index (χ0v) is 12.9. The number of hydrogen-bond acceptors (Lipinski definition) is 3. The lowest BCUT2D eigenvalue weighted by atomic mass is 10.1. The molecule has 1 unspecified atom stereocenters. The van der Waals surface area contributed by atoms with Gasteiger partial charge in [0.1, 0.15) is 0 Å². The Labute approximate surface area is 124 Å². The van der Waals surface area contributed by atoms with Gasteiger partial charge in [-0.05, 0) is 31.7 Å². The first-order chi connectivity index (χ1) is 9.56. The first kappa shape index (κ1) is 15.0. The van der Waals surface area contributed by atoms with E-state index in [2.05, 4.69) is 5.32 Å². The van der Waals surface area contributed by atoms with Gasteiger partial charge in [-0.15, -0.1) is 11.3 Å². The van der Waals surface area contributed by atoms with Crippen LogP contribution >= 0.6 is 11.3 Å². The van der Waals surface area contributed by atoms with E-state index in [1.165, 1.54) is 4.88 Å². The number of carbonyl (C=O) groups is 2. The molecule has 5 heteroatoms. The molecule has 1 N–H and O–H groups in total. The second-order valence-electron chi connectivity index (χ2n) is 5.59. The Bertz CT molecular complexity index is 456. The van der Waals surface area contributed by atoms with Crippen LogP contribution in [0.15, 0.2) is 17.5 Å². The molecule has 110 valence electrons. The number of nitrogens with zero attached hydrogens (tertiary/aromatic N) is 1. The smallest absolute Gasteiger partial charge is 0.223 e. The molecule has 0 aromatic carbocycles. The van der Waals surface area contributed by atoms with Gasteiger partial charge in [0.15, 0.2) is 0 Å². The van der Waals surface area contributed by atoms with Crippen molar-refractivity contribution in [2.75, 3.05) is 13.1 Å². The zero-order chi connectivity index (χ0) is 14.5. The minimum absolute atomic E-state index is 0.0776. The van der Waals surface area contributed by atoms with Gasteiger partial charge in [-0.1, -0.05) is 6.07 Å². The second kappa shape index (κ2) is 6.88. The monoisotopic (exact) mass is 294 g/mol. The predicted molar refractivity (Wildman–Crippen MR) is 80.6 cm³/mol. The summed E-state index contributed by atoms with van der Waals surface area (Å²) in [6.07, 6.45) is 1.88. The number of thiophene rings is 1. The van der Waals surface area contributed by atoms with Crippen LogP contribution in [0.25, 0.3) is 0 Å². The van der Waals surface area contributed by atoms with Crippen molar-refractivity contribution in [1.29, 1.82) is 0 Å². The third-order valence-electron chi connectivity index (χ3n) is 3.63. The predicted octanol–water partition coefficient (Wildman–Crippen LogP) is 2.05. The lowest BCUT2D eigenvalue weighted by Gasteiger charge is -2.21. The normalized spacial score (nSPS) is 18.9. The fourth-order valence-electron chi connectivity index (χ4n) is 2.48. The Morgan fingerprint density at radius 3 is 2.95 bits per heavy atom. The summed E-state index contributed by atoms with van der Waals surface area (Å²) in [7, 11) is 0. The molecule has 20 heavy (non-hydrogen) atoms. The van der Waals surface area contributed by atoms with Gasteiger partial charge in [-0.2, -0.15) is 0 Å². The van der Waals surface area contributed by atoms with Gasteiger partial charge >= 0.3 is 0 Å². The van der Waals surface area contributed by atoms with Gasteiger partial charge in [0.25, 0.3) is 0 Å². The zero-order valence-electron chi connectivity index (χ0n) is 12.1. The number of hydrogen-bond donors (Lipinski definition) is 1. The van der Waals surface area contributed by atoms with Crippen LogP contribution in [0.4, 0.5) is 0 Å². The molecule has 0 aliphatic carbocycles. The van der Waals surface area contributed by atoms with Gasteiger partial charge in [-0.3, -0.25) is 9.59 Å². The van der Waals surface area contributed by atoms with Crippen LogP contribution in [-0.2, 0) is 16.0 Å². The third kappa shape index (κ3) is 4.07. The number of likely N-dealkylation sites (tertiary alicyclic amines) is 1. The Morgan fingerprint density at radius 2 is 2.35 bits per heavy atom. The van der Waals surface area contributed by atoms with Crippen molar-refractivity contribution < 1.29 is 9.59 Å². The van der Waals surface area contributed by atoms with E-state index in [1.807, 2.05) is 36.3 Å². The average Bonchev–Trinajstić information content (AvgIpc) is 3.03. The summed E-state index contributed by atoms with van der Waals surface area (Å²) in [5.41, 5.74) is 0. The largest absolute Gasteiger partial charge is 0.356 e. The van der Waals surface area contributed by atoms with E-state index in [0.29, 0.717) is 19.4 Å². The molecule has 0 saturated carbocycles. The minimum atomic E-state index is 0.0776. The highest BCUT2D eigenvalue weighted by Gasteiger charge is 2.30. The van der Waals surface area contributed by atoms with Gasteiger partial charge < -0.3 is 10.2 Å². The molecule has 2 rings (SSSR count). The number of carbonyl (C=O) groups excluding carboxylic acids is 2. The minimum Gasteiger partial charge on any atom is -0.356 e. The lowest BCUT2D eigenvalue weighted by molar-refractivity contribution is -0.129. The number of amides is 2. The van der Waals surface area contributed by atoms with Crippen molar-refractivity contribution >= 4 is 23.2 Å². The maximum absolute atomic E-state index is 11.8. The van der Waals surface area contributed by atoms with E-state index in [0.717, 1.165) is 13.0 Å². The molecule has 1 aliphatic heterocycles. The summed E-state index contributed by atoms with van der Waals surface area (Å²) in [6.45, 7) is 5.43. The van der Waals surface area contributed by atoms with Crippen molar-refractivity contribution in [3.63, 3.8) is 0 Å². The number of rotatable bonds is 6. The van der Waals surface area contributed by atoms with Crippen LogP contribution < -0.4 is 5.32 Å². The number of aryl methyl sites for hydroxylation is 1. The second-order valence-corrected chi connectivity index (χ2v) is 6.63. The van der Waals surface area contributed by atoms with Gasteiger partial charge in [0, 0.05) is 42.8 Å². The Balaban J connectivity index is 1.68. The molecule has 2 heterocycles. The molecule has 1 aromatic heterocycles. The van der Waals surface area contributed by atoms with Crippen LogP contribution in [-0.4, -0.2) is 35.8 Å². The average molecular weight is 294 g/mol. The van der Waals surface area contributed by atoms with Gasteiger partial charge in [-0.25, -0.2) is 0 Å². The highest BCUT2D eigenvalue weighted by atomic mass is 32.1. The molecule has 1 saturated heterocycles. The molecule has 1 aromatic rings. The molecule has 2 amide bonds. The van der Waals surface area contributed by atoms with Crippen LogP contribution in [0.5, 0.6) is 0 Å². The van der Waals surface area contributed by atoms with Crippen LogP contribution in [0, 0.1) is 5.92 Å². The summed E-state index contributed by atoms with van der Waals surface area (Å²) in [5.74, 6) is 0.544. The quantitative estimate of drug-likeness (QED) is 0.873. The Morgan fingerprint density at radius 1 is 1.55 bits per heavy atom. The highest BCUT2D eigenvalue weighted by molar-refractivity contribution is 7.09. The standard InChI is InChI=1S/C15H22N2O2S/c1-11(2)17-10-12(8-15(17)19)9-16-14(18)6-5-13-4-3-7-20-13/h3-4,7,11-12H,5-6,8-10H2,1-2H3,(H,16,18). The molecular weight excluding hydrogens is 272 g/mol. The van der Waals surface area contributed by atoms with E-state index in [1.54, 1.807) is 11.3 Å². The Hall–Kier alpha value is -1.36. The Kier molecular flexibility index (Phi) is 5.17. The van der Waals surface area contributed by atoms with E-state index in [4.69, 9.17) is 0 Å². The number of nitrogens with one attached hydrogen (secondary N) is 1. The molecule has 0 spiro atoms. The maximum Gasteiger partial charge on any atom is 0.223 e. The third-order valence-corrected chi connectivity index (χ3v) is 4.56. The van der Waals surface area contributed by atoms with Crippen molar-refractivity contribution in [2.45, 2.75) is 39.2 Å². The van der Waals surface area contributed by atoms with Crippen LogP contribution in [0.3, 0.4) is 0 Å². The molecule has 0 radical (unpaired) electrons. The lowest BCUT2D eigenvalue weighted by Crippen LogP contribution is -2.34. The van der Waals surface area contributed by atoms with Gasteiger partial charge in [0.2, 0.25) is 11.8 Å². The van der Waals surface area contributed by atoms with Crippen molar-refractivity contribution in [3.05, 3.63) is 22.4 Å². The fraction of sp³-hybridized carbons (Fsp3) is 0.600. The first-order valence-electron chi connectivity index (χ1n) is 7.15. The fourth-order valence-corrected chi connectivity index (χ4v) is 3.19. The molecule has 0 bridgehead atoms. The van der Waals surface area contributed by atoms with Crippen LogP contribution in [0.2, 0.25) is 0 Å². The molecule has 1 aliphatic rings. The maximum atomic E-state index is 11.8. The summed E-state index contributed by atoms with van der Waals surface area (Å²) in [4.78, 5) is 26.7. The summed E-state index contributed by atoms with van der Waals surface area (Å²) >= 11 is 1.68. The molecule has 1 atom stereocenters. The topological polar surface area (TPSA) is 49.4 Å². The summed E-state index contributed by atoms with van der Waals surface area (Å²) < 4.78 is 0. The SMILES string of the molecule is CC(C)N1CC(CNC(=O)CCc2cccs2)CC1=O. The highest BCUT2D eigenvalue weighted by Crippen LogP contribution is 2.19.